The Kier molecular flexibility index (Phi) is 4.58. The van der Waals surface area contributed by atoms with Crippen LogP contribution in [0.5, 0.6) is 0 Å². The average molecular weight is 346 g/mol. The molecule has 6 heteroatoms. The molecule has 138 valence electrons. The maximum Gasteiger partial charge on any atom is 0.274 e. The molecule has 4 rings (SSSR count). The van der Waals surface area contributed by atoms with E-state index in [0.717, 1.165) is 63.8 Å². The van der Waals surface area contributed by atoms with Crippen LogP contribution in [0.2, 0.25) is 0 Å². The fraction of sp³-hybridized carbons (Fsp3) is 0.789. The third-order valence-corrected chi connectivity index (χ3v) is 6.19. The summed E-state index contributed by atoms with van der Waals surface area (Å²) in [5.74, 6) is 0.0895. The summed E-state index contributed by atoms with van der Waals surface area (Å²) in [4.78, 5) is 17.3. The van der Waals surface area contributed by atoms with Crippen molar-refractivity contribution in [3.63, 3.8) is 0 Å². The Morgan fingerprint density at radius 3 is 2.60 bits per heavy atom. The first kappa shape index (κ1) is 17.0. The molecule has 1 amide bonds. The van der Waals surface area contributed by atoms with Crippen molar-refractivity contribution in [2.45, 2.75) is 57.7 Å². The number of carbonyl (C=O) groups is 1. The van der Waals surface area contributed by atoms with Crippen molar-refractivity contribution in [1.82, 2.24) is 19.6 Å². The lowest BCUT2D eigenvalue weighted by atomic mass is 9.83. The number of fused-ring (bicyclic) bond motifs is 1. The zero-order valence-corrected chi connectivity index (χ0v) is 15.6. The van der Waals surface area contributed by atoms with Gasteiger partial charge in [-0.15, -0.1) is 0 Å². The molecule has 0 aliphatic carbocycles. The van der Waals surface area contributed by atoms with Gasteiger partial charge in [-0.1, -0.05) is 6.92 Å². The maximum atomic E-state index is 12.8. The van der Waals surface area contributed by atoms with Crippen molar-refractivity contribution in [3.05, 3.63) is 17.0 Å². The molecule has 2 saturated heterocycles. The summed E-state index contributed by atoms with van der Waals surface area (Å²) in [6, 6.07) is 0. The van der Waals surface area contributed by atoms with Gasteiger partial charge in [0.1, 0.15) is 0 Å². The van der Waals surface area contributed by atoms with Gasteiger partial charge in [0.25, 0.3) is 5.91 Å². The van der Waals surface area contributed by atoms with Crippen LogP contribution in [0.4, 0.5) is 0 Å². The topological polar surface area (TPSA) is 50.6 Å². The number of amides is 1. The molecule has 4 heterocycles. The molecule has 1 aromatic rings. The molecule has 0 saturated carbocycles. The molecule has 1 spiro atoms. The molecule has 0 atom stereocenters. The predicted octanol–water partition coefficient (Wildman–Crippen LogP) is 1.97. The minimum absolute atomic E-state index is 0.0566. The summed E-state index contributed by atoms with van der Waals surface area (Å²) in [6.07, 6.45) is 6.46. The zero-order valence-electron chi connectivity index (χ0n) is 15.6. The van der Waals surface area contributed by atoms with E-state index in [1.165, 1.54) is 18.7 Å². The number of ether oxygens (including phenoxy) is 1. The SMILES string of the molecule is CCCN1CCC2(CC1)Cc1c(c(C(=O)N3CCCC3)nn1C)CO2. The van der Waals surface area contributed by atoms with Gasteiger partial charge in [-0.3, -0.25) is 9.48 Å². The van der Waals surface area contributed by atoms with Crippen LogP contribution < -0.4 is 0 Å². The Hall–Kier alpha value is -1.40. The number of aryl methyl sites for hydroxylation is 1. The van der Waals surface area contributed by atoms with Gasteiger partial charge in [-0.25, -0.2) is 0 Å². The smallest absolute Gasteiger partial charge is 0.274 e. The fourth-order valence-corrected chi connectivity index (χ4v) is 4.62. The van der Waals surface area contributed by atoms with Gasteiger partial charge in [0.15, 0.2) is 5.69 Å². The second-order valence-corrected chi connectivity index (χ2v) is 7.89. The number of aromatic nitrogens is 2. The second kappa shape index (κ2) is 6.72. The van der Waals surface area contributed by atoms with Crippen molar-refractivity contribution in [1.29, 1.82) is 0 Å². The summed E-state index contributed by atoms with van der Waals surface area (Å²) >= 11 is 0. The van der Waals surface area contributed by atoms with E-state index < -0.39 is 0 Å². The van der Waals surface area contributed by atoms with E-state index >= 15 is 0 Å². The number of hydrogen-bond donors (Lipinski definition) is 0. The van der Waals surface area contributed by atoms with Gasteiger partial charge >= 0.3 is 0 Å². The Morgan fingerprint density at radius 1 is 1.20 bits per heavy atom. The summed E-state index contributed by atoms with van der Waals surface area (Å²) in [5, 5.41) is 4.59. The van der Waals surface area contributed by atoms with Crippen LogP contribution in [0, 0.1) is 0 Å². The Bertz CT molecular complexity index is 640. The predicted molar refractivity (Wildman–Crippen MR) is 95.5 cm³/mol. The first-order valence-corrected chi connectivity index (χ1v) is 9.82. The quantitative estimate of drug-likeness (QED) is 0.840. The molecule has 0 N–H and O–H groups in total. The van der Waals surface area contributed by atoms with Gasteiger partial charge < -0.3 is 14.5 Å². The lowest BCUT2D eigenvalue weighted by Gasteiger charge is -2.44. The number of carbonyl (C=O) groups excluding carboxylic acids is 1. The monoisotopic (exact) mass is 346 g/mol. The van der Waals surface area contributed by atoms with Crippen molar-refractivity contribution in [2.75, 3.05) is 32.7 Å². The van der Waals surface area contributed by atoms with E-state index in [4.69, 9.17) is 4.74 Å². The number of likely N-dealkylation sites (tertiary alicyclic amines) is 2. The van der Waals surface area contributed by atoms with Crippen LogP contribution in [0.15, 0.2) is 0 Å². The van der Waals surface area contributed by atoms with Gasteiger partial charge in [-0.2, -0.15) is 5.10 Å². The van der Waals surface area contributed by atoms with E-state index in [-0.39, 0.29) is 11.5 Å². The largest absolute Gasteiger partial charge is 0.370 e. The molecule has 0 aromatic carbocycles. The molecule has 0 unspecified atom stereocenters. The van der Waals surface area contributed by atoms with Crippen LogP contribution in [0.1, 0.15) is 60.8 Å². The summed E-state index contributed by atoms with van der Waals surface area (Å²) in [5.41, 5.74) is 2.80. The molecule has 3 aliphatic heterocycles. The Labute approximate surface area is 150 Å². The minimum Gasteiger partial charge on any atom is -0.370 e. The highest BCUT2D eigenvalue weighted by molar-refractivity contribution is 5.94. The molecule has 2 fully saturated rings. The molecule has 3 aliphatic rings. The lowest BCUT2D eigenvalue weighted by Crippen LogP contribution is -2.49. The van der Waals surface area contributed by atoms with Gasteiger partial charge in [0.05, 0.1) is 12.2 Å². The maximum absolute atomic E-state index is 12.8. The molecule has 25 heavy (non-hydrogen) atoms. The van der Waals surface area contributed by atoms with E-state index in [9.17, 15) is 4.79 Å². The Balaban J connectivity index is 1.51. The molecular weight excluding hydrogens is 316 g/mol. The lowest BCUT2D eigenvalue weighted by molar-refractivity contribution is -0.103. The van der Waals surface area contributed by atoms with E-state index in [1.807, 2.05) is 16.6 Å². The van der Waals surface area contributed by atoms with Crippen molar-refractivity contribution >= 4 is 5.91 Å². The van der Waals surface area contributed by atoms with Crippen LogP contribution >= 0.6 is 0 Å². The molecule has 0 radical (unpaired) electrons. The molecular formula is C19H30N4O2. The molecule has 0 bridgehead atoms. The first-order chi connectivity index (χ1) is 12.1. The van der Waals surface area contributed by atoms with Crippen molar-refractivity contribution in [2.24, 2.45) is 7.05 Å². The van der Waals surface area contributed by atoms with Gasteiger partial charge in [-0.05, 0) is 38.6 Å². The fourth-order valence-electron chi connectivity index (χ4n) is 4.62. The van der Waals surface area contributed by atoms with Crippen molar-refractivity contribution < 1.29 is 9.53 Å². The highest BCUT2D eigenvalue weighted by atomic mass is 16.5. The van der Waals surface area contributed by atoms with Gasteiger partial charge in [0.2, 0.25) is 0 Å². The first-order valence-electron chi connectivity index (χ1n) is 9.82. The number of hydrogen-bond acceptors (Lipinski definition) is 4. The highest BCUT2D eigenvalue weighted by Crippen LogP contribution is 2.37. The third-order valence-electron chi connectivity index (χ3n) is 6.19. The van der Waals surface area contributed by atoms with Crippen LogP contribution in [-0.4, -0.2) is 63.8 Å². The van der Waals surface area contributed by atoms with E-state index in [0.29, 0.717) is 12.3 Å². The molecule has 6 nitrogen and oxygen atoms in total. The normalized spacial score (nSPS) is 23.2. The average Bonchev–Trinajstić information content (AvgIpc) is 3.26. The zero-order chi connectivity index (χ0) is 17.4. The summed E-state index contributed by atoms with van der Waals surface area (Å²) in [6.45, 7) is 7.90. The number of rotatable bonds is 3. The summed E-state index contributed by atoms with van der Waals surface area (Å²) < 4.78 is 8.31. The highest BCUT2D eigenvalue weighted by Gasteiger charge is 2.42. The van der Waals surface area contributed by atoms with E-state index in [2.05, 4.69) is 16.9 Å². The second-order valence-electron chi connectivity index (χ2n) is 7.89. The van der Waals surface area contributed by atoms with Crippen LogP contribution in [0.25, 0.3) is 0 Å². The number of nitrogens with zero attached hydrogens (tertiary/aromatic N) is 4. The minimum atomic E-state index is -0.0566. The third kappa shape index (κ3) is 3.10. The van der Waals surface area contributed by atoms with Gasteiger partial charge in [0, 0.05) is 50.9 Å². The van der Waals surface area contributed by atoms with Crippen molar-refractivity contribution in [3.8, 4) is 0 Å². The van der Waals surface area contributed by atoms with Crippen LogP contribution in [0.3, 0.4) is 0 Å². The standard InChI is InChI=1S/C19H30N4O2/c1-3-8-22-11-6-19(7-12-22)13-16-15(14-25-19)17(20-21(16)2)18(24)23-9-4-5-10-23/h3-14H2,1-2H3. The number of piperidine rings is 1. The Morgan fingerprint density at radius 2 is 1.92 bits per heavy atom. The van der Waals surface area contributed by atoms with E-state index in [1.54, 1.807) is 0 Å². The molecule has 1 aromatic heterocycles. The van der Waals surface area contributed by atoms with Crippen LogP contribution in [-0.2, 0) is 24.8 Å². The summed E-state index contributed by atoms with van der Waals surface area (Å²) in [7, 11) is 1.98.